The fraction of sp³-hybridized carbons (Fsp3) is 0.444. The molecule has 7 heteroatoms. The van der Waals surface area contributed by atoms with Gasteiger partial charge in [-0.15, -0.1) is 0 Å². The van der Waals surface area contributed by atoms with Gasteiger partial charge in [0.25, 0.3) is 0 Å². The molecule has 4 rings (SSSR count). The van der Waals surface area contributed by atoms with Gasteiger partial charge >= 0.3 is 0 Å². The standard InChI is InChI=1S/C18H23N7/c1-3-24(4-2)15-8-5-13(9-19-15)10-20-17-16-18(22-11-21-17)25(12-23-16)14-6-7-14/h5,8-9,11-12,14H,3-4,6-7,10H2,1-2H3,(H,20,21,22). The summed E-state index contributed by atoms with van der Waals surface area (Å²) >= 11 is 0. The van der Waals surface area contributed by atoms with E-state index in [1.165, 1.54) is 12.8 Å². The molecule has 1 fully saturated rings. The number of hydrogen-bond donors (Lipinski definition) is 1. The zero-order valence-corrected chi connectivity index (χ0v) is 14.7. The molecule has 1 aliphatic carbocycles. The van der Waals surface area contributed by atoms with E-state index < -0.39 is 0 Å². The van der Waals surface area contributed by atoms with Crippen LogP contribution < -0.4 is 10.2 Å². The number of imidazole rings is 1. The monoisotopic (exact) mass is 337 g/mol. The third-order valence-corrected chi connectivity index (χ3v) is 4.66. The van der Waals surface area contributed by atoms with Crippen molar-refractivity contribution in [3.63, 3.8) is 0 Å². The van der Waals surface area contributed by atoms with Gasteiger partial charge < -0.3 is 14.8 Å². The summed E-state index contributed by atoms with van der Waals surface area (Å²) in [5.74, 6) is 1.79. The van der Waals surface area contributed by atoms with E-state index >= 15 is 0 Å². The first kappa shape index (κ1) is 15.8. The van der Waals surface area contributed by atoms with Crippen LogP contribution in [0, 0.1) is 0 Å². The molecule has 0 amide bonds. The van der Waals surface area contributed by atoms with Gasteiger partial charge in [0, 0.05) is 31.9 Å². The summed E-state index contributed by atoms with van der Waals surface area (Å²) < 4.78 is 2.16. The molecule has 0 atom stereocenters. The summed E-state index contributed by atoms with van der Waals surface area (Å²) in [6, 6.07) is 4.74. The summed E-state index contributed by atoms with van der Waals surface area (Å²) in [4.78, 5) is 20.1. The van der Waals surface area contributed by atoms with Gasteiger partial charge in [0.15, 0.2) is 11.5 Å². The maximum Gasteiger partial charge on any atom is 0.165 e. The molecule has 1 N–H and O–H groups in total. The lowest BCUT2D eigenvalue weighted by Crippen LogP contribution is -2.22. The second kappa shape index (κ2) is 6.66. The smallest absolute Gasteiger partial charge is 0.165 e. The molecule has 0 bridgehead atoms. The Bertz CT molecular complexity index is 847. The number of anilines is 2. The van der Waals surface area contributed by atoms with Gasteiger partial charge in [-0.2, -0.15) is 0 Å². The van der Waals surface area contributed by atoms with Crippen molar-refractivity contribution in [1.82, 2.24) is 24.5 Å². The van der Waals surface area contributed by atoms with E-state index in [1.54, 1.807) is 6.33 Å². The molecule has 0 spiro atoms. The highest BCUT2D eigenvalue weighted by Crippen LogP contribution is 2.37. The first-order valence-corrected chi connectivity index (χ1v) is 8.91. The lowest BCUT2D eigenvalue weighted by atomic mass is 10.2. The zero-order valence-electron chi connectivity index (χ0n) is 14.7. The molecule has 0 aliphatic heterocycles. The topological polar surface area (TPSA) is 71.8 Å². The SMILES string of the molecule is CCN(CC)c1ccc(CNc2ncnc3c2ncn3C2CC2)cn1. The van der Waals surface area contributed by atoms with E-state index in [-0.39, 0.29) is 0 Å². The van der Waals surface area contributed by atoms with Crippen molar-refractivity contribution in [2.75, 3.05) is 23.3 Å². The highest BCUT2D eigenvalue weighted by atomic mass is 15.2. The third-order valence-electron chi connectivity index (χ3n) is 4.66. The van der Waals surface area contributed by atoms with Crippen LogP contribution >= 0.6 is 0 Å². The number of pyridine rings is 1. The van der Waals surface area contributed by atoms with Gasteiger partial charge in [0.05, 0.1) is 6.33 Å². The molecule has 0 saturated heterocycles. The van der Waals surface area contributed by atoms with Crippen molar-refractivity contribution in [2.24, 2.45) is 0 Å². The van der Waals surface area contributed by atoms with Crippen molar-refractivity contribution >= 4 is 22.8 Å². The normalized spacial score (nSPS) is 14.0. The highest BCUT2D eigenvalue weighted by Gasteiger charge is 2.26. The highest BCUT2D eigenvalue weighted by molar-refractivity contribution is 5.82. The van der Waals surface area contributed by atoms with Crippen LogP contribution in [0.2, 0.25) is 0 Å². The van der Waals surface area contributed by atoms with Gasteiger partial charge in [-0.25, -0.2) is 19.9 Å². The summed E-state index contributed by atoms with van der Waals surface area (Å²) in [6.07, 6.45) is 7.82. The van der Waals surface area contributed by atoms with Gasteiger partial charge in [-0.3, -0.25) is 0 Å². The van der Waals surface area contributed by atoms with Gasteiger partial charge in [0.2, 0.25) is 0 Å². The lowest BCUT2D eigenvalue weighted by molar-refractivity contribution is 0.756. The Hall–Kier alpha value is -2.70. The fourth-order valence-electron chi connectivity index (χ4n) is 3.04. The summed E-state index contributed by atoms with van der Waals surface area (Å²) in [7, 11) is 0. The van der Waals surface area contributed by atoms with E-state index in [2.05, 4.69) is 60.7 Å². The minimum atomic E-state index is 0.560. The van der Waals surface area contributed by atoms with Crippen LogP contribution in [0.3, 0.4) is 0 Å². The Labute approximate surface area is 147 Å². The molecule has 0 unspecified atom stereocenters. The van der Waals surface area contributed by atoms with Crippen LogP contribution in [0.15, 0.2) is 31.0 Å². The van der Waals surface area contributed by atoms with Crippen molar-refractivity contribution < 1.29 is 0 Å². The first-order chi connectivity index (χ1) is 12.3. The van der Waals surface area contributed by atoms with Crippen molar-refractivity contribution in [1.29, 1.82) is 0 Å². The van der Waals surface area contributed by atoms with E-state index in [1.807, 2.05) is 12.5 Å². The van der Waals surface area contributed by atoms with Crippen LogP contribution in [-0.2, 0) is 6.54 Å². The quantitative estimate of drug-likeness (QED) is 0.714. The Morgan fingerprint density at radius 3 is 2.64 bits per heavy atom. The maximum absolute atomic E-state index is 4.56. The van der Waals surface area contributed by atoms with E-state index in [4.69, 9.17) is 0 Å². The van der Waals surface area contributed by atoms with Gasteiger partial charge in [0.1, 0.15) is 17.7 Å². The third kappa shape index (κ3) is 3.14. The van der Waals surface area contributed by atoms with Gasteiger partial charge in [-0.1, -0.05) is 6.07 Å². The molecule has 0 radical (unpaired) electrons. The number of rotatable bonds is 7. The molecule has 3 heterocycles. The predicted molar refractivity (Wildman–Crippen MR) is 98.7 cm³/mol. The number of fused-ring (bicyclic) bond motifs is 1. The molecule has 1 saturated carbocycles. The van der Waals surface area contributed by atoms with Crippen LogP contribution in [0.1, 0.15) is 38.3 Å². The summed E-state index contributed by atoms with van der Waals surface area (Å²) in [6.45, 7) is 6.87. The van der Waals surface area contributed by atoms with Crippen LogP contribution in [0.25, 0.3) is 11.2 Å². The molecule has 3 aromatic heterocycles. The number of nitrogens with one attached hydrogen (secondary N) is 1. The van der Waals surface area contributed by atoms with E-state index in [9.17, 15) is 0 Å². The van der Waals surface area contributed by atoms with Crippen molar-refractivity contribution in [3.8, 4) is 0 Å². The molecular formula is C18H23N7. The van der Waals surface area contributed by atoms with Crippen LogP contribution in [0.5, 0.6) is 0 Å². The van der Waals surface area contributed by atoms with E-state index in [0.717, 1.165) is 41.5 Å². The Balaban J connectivity index is 1.49. The molecule has 1 aliphatic rings. The maximum atomic E-state index is 4.56. The Morgan fingerprint density at radius 2 is 1.96 bits per heavy atom. The number of hydrogen-bond acceptors (Lipinski definition) is 6. The second-order valence-electron chi connectivity index (χ2n) is 6.33. The molecule has 25 heavy (non-hydrogen) atoms. The average molecular weight is 337 g/mol. The average Bonchev–Trinajstić information content (AvgIpc) is 3.40. The second-order valence-corrected chi connectivity index (χ2v) is 6.33. The zero-order chi connectivity index (χ0) is 17.2. The first-order valence-electron chi connectivity index (χ1n) is 8.91. The minimum Gasteiger partial charge on any atom is -0.364 e. The van der Waals surface area contributed by atoms with Crippen molar-refractivity contribution in [2.45, 2.75) is 39.3 Å². The van der Waals surface area contributed by atoms with Crippen LogP contribution in [-0.4, -0.2) is 37.6 Å². The number of nitrogens with zero attached hydrogens (tertiary/aromatic N) is 6. The molecular weight excluding hydrogens is 314 g/mol. The van der Waals surface area contributed by atoms with E-state index in [0.29, 0.717) is 12.6 Å². The lowest BCUT2D eigenvalue weighted by Gasteiger charge is -2.19. The van der Waals surface area contributed by atoms with Gasteiger partial charge in [-0.05, 0) is 38.3 Å². The Morgan fingerprint density at radius 1 is 1.12 bits per heavy atom. The van der Waals surface area contributed by atoms with Crippen LogP contribution in [0.4, 0.5) is 11.6 Å². The largest absolute Gasteiger partial charge is 0.364 e. The minimum absolute atomic E-state index is 0.560. The summed E-state index contributed by atoms with van der Waals surface area (Å²) in [5.41, 5.74) is 2.86. The fourth-order valence-corrected chi connectivity index (χ4v) is 3.04. The molecule has 7 nitrogen and oxygen atoms in total. The number of aromatic nitrogens is 5. The van der Waals surface area contributed by atoms with Crippen molar-refractivity contribution in [3.05, 3.63) is 36.5 Å². The Kier molecular flexibility index (Phi) is 4.21. The molecule has 0 aromatic carbocycles. The molecule has 130 valence electrons. The molecule has 3 aromatic rings. The predicted octanol–water partition coefficient (Wildman–Crippen LogP) is 3.01. The summed E-state index contributed by atoms with van der Waals surface area (Å²) in [5, 5.41) is 3.37.